The van der Waals surface area contributed by atoms with Crippen molar-refractivity contribution in [1.29, 1.82) is 0 Å². The Kier molecular flexibility index (Phi) is 4.71. The first-order chi connectivity index (χ1) is 12.3. The maximum absolute atomic E-state index is 13.5. The summed E-state index contributed by atoms with van der Waals surface area (Å²) in [5, 5.41) is 2.43. The van der Waals surface area contributed by atoms with E-state index < -0.39 is 17.6 Å². The van der Waals surface area contributed by atoms with Crippen LogP contribution in [0.5, 0.6) is 0 Å². The number of nitrogens with zero attached hydrogens (tertiary/aromatic N) is 2. The number of anilines is 1. The third-order valence-electron chi connectivity index (χ3n) is 3.68. The number of halogens is 3. The number of aryl methyl sites for hydroxylation is 1. The van der Waals surface area contributed by atoms with Gasteiger partial charge in [0.2, 0.25) is 0 Å². The molecule has 0 unspecified atom stereocenters. The molecular formula is C19H14F3N3O. The molecule has 0 aliphatic rings. The number of rotatable bonds is 3. The first kappa shape index (κ1) is 17.6. The second-order valence-corrected chi connectivity index (χ2v) is 5.62. The van der Waals surface area contributed by atoms with Crippen molar-refractivity contribution in [3.05, 3.63) is 77.9 Å². The van der Waals surface area contributed by atoms with Gasteiger partial charge >= 0.3 is 6.18 Å². The lowest BCUT2D eigenvalue weighted by Crippen LogP contribution is -2.15. The molecule has 1 N–H and O–H groups in total. The SMILES string of the molecule is Cc1cnc(C(=O)Nc2ccc(-c3ccccc3)c(C(F)(F)F)c2)cn1. The molecule has 132 valence electrons. The molecule has 0 aliphatic carbocycles. The smallest absolute Gasteiger partial charge is 0.321 e. The minimum Gasteiger partial charge on any atom is -0.321 e. The summed E-state index contributed by atoms with van der Waals surface area (Å²) in [6.45, 7) is 1.71. The molecule has 0 atom stereocenters. The van der Waals surface area contributed by atoms with E-state index in [0.717, 1.165) is 6.07 Å². The standard InChI is InChI=1S/C19H14F3N3O/c1-12-10-24-17(11-23-12)18(26)25-14-7-8-15(13-5-3-2-4-6-13)16(9-14)19(20,21)22/h2-11H,1H3,(H,25,26). The van der Waals surface area contributed by atoms with Gasteiger partial charge in [0, 0.05) is 11.9 Å². The Balaban J connectivity index is 1.94. The molecule has 0 saturated carbocycles. The summed E-state index contributed by atoms with van der Waals surface area (Å²) in [4.78, 5) is 20.0. The molecular weight excluding hydrogens is 343 g/mol. The minimum atomic E-state index is -4.56. The Hall–Kier alpha value is -3.22. The molecule has 3 aromatic rings. The molecule has 0 fully saturated rings. The Morgan fingerprint density at radius 1 is 1.00 bits per heavy atom. The third-order valence-corrected chi connectivity index (χ3v) is 3.68. The summed E-state index contributed by atoms with van der Waals surface area (Å²) in [5.41, 5.74) is 0.360. The zero-order valence-electron chi connectivity index (χ0n) is 13.7. The van der Waals surface area contributed by atoms with Gasteiger partial charge < -0.3 is 5.32 Å². The summed E-state index contributed by atoms with van der Waals surface area (Å²) in [7, 11) is 0. The topological polar surface area (TPSA) is 54.9 Å². The molecule has 0 bridgehead atoms. The van der Waals surface area contributed by atoms with E-state index in [0.29, 0.717) is 11.3 Å². The van der Waals surface area contributed by atoms with Crippen molar-refractivity contribution in [3.63, 3.8) is 0 Å². The summed E-state index contributed by atoms with van der Waals surface area (Å²) in [6, 6.07) is 12.0. The maximum Gasteiger partial charge on any atom is 0.417 e. The average Bonchev–Trinajstić information content (AvgIpc) is 2.62. The van der Waals surface area contributed by atoms with E-state index in [1.54, 1.807) is 37.3 Å². The fourth-order valence-electron chi connectivity index (χ4n) is 2.43. The lowest BCUT2D eigenvalue weighted by Gasteiger charge is -2.15. The van der Waals surface area contributed by atoms with Gasteiger partial charge in [-0.05, 0) is 30.2 Å². The van der Waals surface area contributed by atoms with E-state index in [1.165, 1.54) is 24.5 Å². The number of hydrogen-bond donors (Lipinski definition) is 1. The summed E-state index contributed by atoms with van der Waals surface area (Å²) in [5.74, 6) is -0.627. The minimum absolute atomic E-state index is 0.0243. The molecule has 4 nitrogen and oxygen atoms in total. The van der Waals surface area contributed by atoms with Crippen molar-refractivity contribution in [2.24, 2.45) is 0 Å². The number of aromatic nitrogens is 2. The highest BCUT2D eigenvalue weighted by Crippen LogP contribution is 2.38. The van der Waals surface area contributed by atoms with Crippen molar-refractivity contribution in [2.75, 3.05) is 5.32 Å². The Bertz CT molecular complexity index is 923. The largest absolute Gasteiger partial charge is 0.417 e. The molecule has 3 rings (SSSR count). The van der Waals surface area contributed by atoms with Crippen LogP contribution in [0.15, 0.2) is 60.9 Å². The van der Waals surface area contributed by atoms with Gasteiger partial charge in [-0.25, -0.2) is 4.98 Å². The van der Waals surface area contributed by atoms with Crippen LogP contribution >= 0.6 is 0 Å². The fourth-order valence-corrected chi connectivity index (χ4v) is 2.43. The molecule has 26 heavy (non-hydrogen) atoms. The number of benzene rings is 2. The van der Waals surface area contributed by atoms with E-state index in [4.69, 9.17) is 0 Å². The van der Waals surface area contributed by atoms with E-state index in [2.05, 4.69) is 15.3 Å². The second kappa shape index (κ2) is 6.95. The third kappa shape index (κ3) is 3.88. The lowest BCUT2D eigenvalue weighted by molar-refractivity contribution is -0.137. The molecule has 0 radical (unpaired) electrons. The van der Waals surface area contributed by atoms with Gasteiger partial charge in [-0.1, -0.05) is 36.4 Å². The molecule has 1 aromatic heterocycles. The number of carbonyl (C=O) groups is 1. The van der Waals surface area contributed by atoms with Crippen LogP contribution in [-0.4, -0.2) is 15.9 Å². The molecule has 1 heterocycles. The molecule has 2 aromatic carbocycles. The Morgan fingerprint density at radius 3 is 2.35 bits per heavy atom. The van der Waals surface area contributed by atoms with Crippen LogP contribution < -0.4 is 5.32 Å². The lowest BCUT2D eigenvalue weighted by atomic mass is 9.98. The predicted octanol–water partition coefficient (Wildman–Crippen LogP) is 4.72. The number of nitrogens with one attached hydrogen (secondary N) is 1. The zero-order chi connectivity index (χ0) is 18.7. The van der Waals surface area contributed by atoms with Crippen molar-refractivity contribution in [3.8, 4) is 11.1 Å². The van der Waals surface area contributed by atoms with Crippen LogP contribution in [-0.2, 0) is 6.18 Å². The normalized spacial score (nSPS) is 11.2. The first-order valence-electron chi connectivity index (χ1n) is 7.71. The maximum atomic E-state index is 13.5. The van der Waals surface area contributed by atoms with E-state index in [9.17, 15) is 18.0 Å². The van der Waals surface area contributed by atoms with Crippen LogP contribution in [0, 0.1) is 6.92 Å². The van der Waals surface area contributed by atoms with Crippen molar-refractivity contribution >= 4 is 11.6 Å². The molecule has 0 spiro atoms. The van der Waals surface area contributed by atoms with Gasteiger partial charge in [0.1, 0.15) is 5.69 Å². The summed E-state index contributed by atoms with van der Waals surface area (Å²) in [6.07, 6.45) is -1.88. The van der Waals surface area contributed by atoms with Gasteiger partial charge in [0.15, 0.2) is 0 Å². The second-order valence-electron chi connectivity index (χ2n) is 5.62. The molecule has 0 aliphatic heterocycles. The van der Waals surface area contributed by atoms with Crippen LogP contribution in [0.4, 0.5) is 18.9 Å². The quantitative estimate of drug-likeness (QED) is 0.738. The van der Waals surface area contributed by atoms with E-state index in [1.807, 2.05) is 0 Å². The molecule has 1 amide bonds. The van der Waals surface area contributed by atoms with Gasteiger partial charge in [-0.2, -0.15) is 13.2 Å². The highest BCUT2D eigenvalue weighted by Gasteiger charge is 2.34. The highest BCUT2D eigenvalue weighted by molar-refractivity contribution is 6.02. The van der Waals surface area contributed by atoms with Crippen LogP contribution in [0.1, 0.15) is 21.7 Å². The van der Waals surface area contributed by atoms with E-state index >= 15 is 0 Å². The van der Waals surface area contributed by atoms with E-state index in [-0.39, 0.29) is 16.9 Å². The first-order valence-corrected chi connectivity index (χ1v) is 7.71. The Morgan fingerprint density at radius 2 is 1.73 bits per heavy atom. The van der Waals surface area contributed by atoms with Crippen molar-refractivity contribution in [2.45, 2.75) is 13.1 Å². The molecule has 0 saturated heterocycles. The number of hydrogen-bond acceptors (Lipinski definition) is 3. The van der Waals surface area contributed by atoms with Crippen molar-refractivity contribution < 1.29 is 18.0 Å². The number of carbonyl (C=O) groups excluding carboxylic acids is 1. The van der Waals surface area contributed by atoms with Gasteiger partial charge in [0.25, 0.3) is 5.91 Å². The van der Waals surface area contributed by atoms with Crippen LogP contribution in [0.25, 0.3) is 11.1 Å². The Labute approximate surface area is 147 Å². The van der Waals surface area contributed by atoms with Crippen LogP contribution in [0.3, 0.4) is 0 Å². The highest BCUT2D eigenvalue weighted by atomic mass is 19.4. The van der Waals surface area contributed by atoms with Gasteiger partial charge in [0.05, 0.1) is 17.5 Å². The number of alkyl halides is 3. The number of amides is 1. The zero-order valence-corrected chi connectivity index (χ0v) is 13.7. The monoisotopic (exact) mass is 357 g/mol. The van der Waals surface area contributed by atoms with Gasteiger partial charge in [-0.3, -0.25) is 9.78 Å². The summed E-state index contributed by atoms with van der Waals surface area (Å²) >= 11 is 0. The van der Waals surface area contributed by atoms with Gasteiger partial charge in [-0.15, -0.1) is 0 Å². The molecule has 7 heteroatoms. The fraction of sp³-hybridized carbons (Fsp3) is 0.105. The summed E-state index contributed by atoms with van der Waals surface area (Å²) < 4.78 is 40.5. The average molecular weight is 357 g/mol. The predicted molar refractivity (Wildman–Crippen MR) is 91.6 cm³/mol. The van der Waals surface area contributed by atoms with Crippen LogP contribution in [0.2, 0.25) is 0 Å². The van der Waals surface area contributed by atoms with Crippen molar-refractivity contribution in [1.82, 2.24) is 9.97 Å².